The van der Waals surface area contributed by atoms with Crippen molar-refractivity contribution in [1.29, 1.82) is 0 Å². The molecule has 0 spiro atoms. The normalized spacial score (nSPS) is 10.6. The summed E-state index contributed by atoms with van der Waals surface area (Å²) < 4.78 is 27.6. The molecule has 0 fully saturated rings. The number of aromatic nitrogens is 3. The van der Waals surface area contributed by atoms with Crippen LogP contribution in [0.15, 0.2) is 12.1 Å². The summed E-state index contributed by atoms with van der Waals surface area (Å²) >= 11 is 0. The van der Waals surface area contributed by atoms with E-state index in [1.807, 2.05) is 0 Å². The Bertz CT molecular complexity index is 728. The van der Waals surface area contributed by atoms with Gasteiger partial charge in [-0.05, 0) is 13.0 Å². The molecule has 8 nitrogen and oxygen atoms in total. The monoisotopic (exact) mass is 284 g/mol. The second-order valence-electron chi connectivity index (χ2n) is 3.73. The van der Waals surface area contributed by atoms with Crippen LogP contribution in [0.25, 0.3) is 5.69 Å². The van der Waals surface area contributed by atoms with Gasteiger partial charge in [-0.15, -0.1) is 5.10 Å². The molecule has 1 aromatic heterocycles. The largest absolute Gasteiger partial charge is 0.476 e. The third-order valence-electron chi connectivity index (χ3n) is 2.55. The predicted molar refractivity (Wildman–Crippen MR) is 59.6 cm³/mol. The van der Waals surface area contributed by atoms with E-state index in [2.05, 4.69) is 10.3 Å². The fraction of sp³-hybridized carbons (Fsp3) is 0.100. The molecule has 2 rings (SSSR count). The molecule has 0 radical (unpaired) electrons. The predicted octanol–water partition coefficient (Wildman–Crippen LogP) is 1.46. The van der Waals surface area contributed by atoms with Crippen molar-refractivity contribution < 1.29 is 23.6 Å². The van der Waals surface area contributed by atoms with Crippen molar-refractivity contribution in [3.05, 3.63) is 45.3 Å². The van der Waals surface area contributed by atoms with E-state index in [9.17, 15) is 23.7 Å². The fourth-order valence-corrected chi connectivity index (χ4v) is 1.62. The van der Waals surface area contributed by atoms with Gasteiger partial charge < -0.3 is 5.11 Å². The molecule has 0 aliphatic heterocycles. The van der Waals surface area contributed by atoms with E-state index in [1.165, 1.54) is 6.92 Å². The average molecular weight is 284 g/mol. The quantitative estimate of drug-likeness (QED) is 0.674. The van der Waals surface area contributed by atoms with Gasteiger partial charge in [-0.2, -0.15) is 0 Å². The highest BCUT2D eigenvalue weighted by Crippen LogP contribution is 2.28. The summed E-state index contributed by atoms with van der Waals surface area (Å²) in [4.78, 5) is 20.7. The maximum Gasteiger partial charge on any atom is 0.358 e. The topological polar surface area (TPSA) is 111 Å². The molecule has 0 atom stereocenters. The van der Waals surface area contributed by atoms with Gasteiger partial charge in [0.25, 0.3) is 5.69 Å². The standard InChI is InChI=1S/C10H6F2N4O4/c1-4-8(10(17)18)13-14-15(4)9-6(16(19)20)3-2-5(11)7(9)12/h2-3H,1H3,(H,17,18). The van der Waals surface area contributed by atoms with Gasteiger partial charge in [-0.3, -0.25) is 10.1 Å². The summed E-state index contributed by atoms with van der Waals surface area (Å²) in [6.45, 7) is 1.22. The van der Waals surface area contributed by atoms with Crippen molar-refractivity contribution in [2.45, 2.75) is 6.92 Å². The zero-order chi connectivity index (χ0) is 15.0. The van der Waals surface area contributed by atoms with Crippen LogP contribution in [0.5, 0.6) is 0 Å². The van der Waals surface area contributed by atoms with Crippen LogP contribution in [0, 0.1) is 28.7 Å². The molecule has 10 heteroatoms. The first-order valence-corrected chi connectivity index (χ1v) is 5.13. The Morgan fingerprint density at radius 3 is 2.60 bits per heavy atom. The number of hydrogen-bond acceptors (Lipinski definition) is 5. The van der Waals surface area contributed by atoms with Crippen molar-refractivity contribution in [1.82, 2.24) is 15.0 Å². The van der Waals surface area contributed by atoms with Crippen molar-refractivity contribution >= 4 is 11.7 Å². The van der Waals surface area contributed by atoms with Gasteiger partial charge >= 0.3 is 5.97 Å². The van der Waals surface area contributed by atoms with Crippen molar-refractivity contribution in [2.24, 2.45) is 0 Å². The van der Waals surface area contributed by atoms with E-state index in [0.29, 0.717) is 10.7 Å². The average Bonchev–Trinajstić information content (AvgIpc) is 2.74. The van der Waals surface area contributed by atoms with Crippen LogP contribution in [0.1, 0.15) is 16.2 Å². The van der Waals surface area contributed by atoms with Crippen LogP contribution < -0.4 is 0 Å². The van der Waals surface area contributed by atoms with E-state index >= 15 is 0 Å². The fourth-order valence-electron chi connectivity index (χ4n) is 1.62. The highest BCUT2D eigenvalue weighted by molar-refractivity contribution is 5.86. The molecule has 0 amide bonds. The summed E-state index contributed by atoms with van der Waals surface area (Å²) in [5.41, 5.74) is -2.23. The number of hydrogen-bond donors (Lipinski definition) is 1. The van der Waals surface area contributed by atoms with Crippen LogP contribution in [0.3, 0.4) is 0 Å². The maximum atomic E-state index is 13.8. The number of benzene rings is 1. The van der Waals surface area contributed by atoms with Crippen LogP contribution >= 0.6 is 0 Å². The summed E-state index contributed by atoms with van der Waals surface area (Å²) in [7, 11) is 0. The summed E-state index contributed by atoms with van der Waals surface area (Å²) in [6, 6.07) is 1.36. The van der Waals surface area contributed by atoms with Gasteiger partial charge in [0.15, 0.2) is 23.0 Å². The third kappa shape index (κ3) is 1.96. The number of nitrogens with zero attached hydrogens (tertiary/aromatic N) is 4. The molecule has 1 N–H and O–H groups in total. The summed E-state index contributed by atoms with van der Waals surface area (Å²) in [5.74, 6) is -4.27. The first-order chi connectivity index (χ1) is 9.34. The minimum atomic E-state index is -1.51. The number of carboxylic acid groups (broad SMARTS) is 1. The first-order valence-electron chi connectivity index (χ1n) is 5.13. The molecule has 20 heavy (non-hydrogen) atoms. The second-order valence-corrected chi connectivity index (χ2v) is 3.73. The van der Waals surface area contributed by atoms with Gasteiger partial charge in [0, 0.05) is 6.07 Å². The number of nitro benzene ring substituents is 1. The van der Waals surface area contributed by atoms with E-state index < -0.39 is 39.6 Å². The number of nitro groups is 1. The van der Waals surface area contributed by atoms with Crippen molar-refractivity contribution in [3.8, 4) is 5.69 Å². The lowest BCUT2D eigenvalue weighted by Crippen LogP contribution is -2.09. The lowest BCUT2D eigenvalue weighted by atomic mass is 10.2. The van der Waals surface area contributed by atoms with E-state index in [1.54, 1.807) is 0 Å². The van der Waals surface area contributed by atoms with Gasteiger partial charge in [0.05, 0.1) is 10.6 Å². The number of carbonyl (C=O) groups is 1. The molecule has 104 valence electrons. The van der Waals surface area contributed by atoms with E-state index in [-0.39, 0.29) is 5.69 Å². The Balaban J connectivity index is 2.78. The first kappa shape index (κ1) is 13.5. The smallest absolute Gasteiger partial charge is 0.358 e. The third-order valence-corrected chi connectivity index (χ3v) is 2.55. The maximum absolute atomic E-state index is 13.8. The SMILES string of the molecule is Cc1c(C(=O)O)nnn1-c1c([N+](=O)[O-])ccc(F)c1F. The molecule has 0 bridgehead atoms. The highest BCUT2D eigenvalue weighted by atomic mass is 19.2. The molecule has 0 saturated carbocycles. The Kier molecular flexibility index (Phi) is 3.14. The molecule has 0 saturated heterocycles. The molecule has 1 aromatic carbocycles. The minimum Gasteiger partial charge on any atom is -0.476 e. The summed E-state index contributed by atoms with van der Waals surface area (Å²) in [5, 5.41) is 26.3. The van der Waals surface area contributed by atoms with Crippen molar-refractivity contribution in [2.75, 3.05) is 0 Å². The lowest BCUT2D eigenvalue weighted by molar-refractivity contribution is -0.384. The Morgan fingerprint density at radius 2 is 2.10 bits per heavy atom. The molecule has 2 aromatic rings. The molecule has 0 unspecified atom stereocenters. The lowest BCUT2D eigenvalue weighted by Gasteiger charge is -2.06. The second kappa shape index (κ2) is 4.64. The van der Waals surface area contributed by atoms with Crippen LogP contribution in [-0.2, 0) is 0 Å². The molecular weight excluding hydrogens is 278 g/mol. The molecule has 1 heterocycles. The number of halogens is 2. The van der Waals surface area contributed by atoms with Gasteiger partial charge in [0.2, 0.25) is 0 Å². The molecule has 0 aliphatic rings. The summed E-state index contributed by atoms with van der Waals surface area (Å²) in [6.07, 6.45) is 0. The van der Waals surface area contributed by atoms with Crippen molar-refractivity contribution in [3.63, 3.8) is 0 Å². The molecule has 0 aliphatic carbocycles. The number of rotatable bonds is 3. The number of carboxylic acids is 1. The Morgan fingerprint density at radius 1 is 1.45 bits per heavy atom. The van der Waals surface area contributed by atoms with Gasteiger partial charge in [0.1, 0.15) is 0 Å². The molecular formula is C10H6F2N4O4. The Labute approximate surface area is 109 Å². The zero-order valence-corrected chi connectivity index (χ0v) is 9.87. The van der Waals surface area contributed by atoms with Gasteiger partial charge in [-0.1, -0.05) is 5.21 Å². The van der Waals surface area contributed by atoms with E-state index in [4.69, 9.17) is 5.11 Å². The highest BCUT2D eigenvalue weighted by Gasteiger charge is 2.27. The van der Waals surface area contributed by atoms with Crippen LogP contribution in [-0.4, -0.2) is 31.0 Å². The van der Waals surface area contributed by atoms with Crippen LogP contribution in [0.4, 0.5) is 14.5 Å². The Hall–Kier alpha value is -2.91. The number of aromatic carboxylic acids is 1. The van der Waals surface area contributed by atoms with E-state index in [0.717, 1.165) is 6.07 Å². The van der Waals surface area contributed by atoms with Gasteiger partial charge in [-0.25, -0.2) is 18.3 Å². The van der Waals surface area contributed by atoms with Crippen LogP contribution in [0.2, 0.25) is 0 Å². The minimum absolute atomic E-state index is 0.162. The zero-order valence-electron chi connectivity index (χ0n) is 9.87.